The van der Waals surface area contributed by atoms with Gasteiger partial charge in [-0.2, -0.15) is 0 Å². The smallest absolute Gasteiger partial charge is 0.151 e. The number of aromatic nitrogens is 1. The van der Waals surface area contributed by atoms with Gasteiger partial charge < -0.3 is 5.32 Å². The summed E-state index contributed by atoms with van der Waals surface area (Å²) in [5, 5.41) is 3.08. The molecule has 1 heterocycles. The van der Waals surface area contributed by atoms with Gasteiger partial charge in [0.2, 0.25) is 0 Å². The fraction of sp³-hybridized carbons (Fsp3) is 0.545. The van der Waals surface area contributed by atoms with Crippen LogP contribution in [0.25, 0.3) is 0 Å². The molecule has 0 unspecified atom stereocenters. The quantitative estimate of drug-likeness (QED) is 0.753. The Kier molecular flexibility index (Phi) is 4.89. The van der Waals surface area contributed by atoms with E-state index in [2.05, 4.69) is 10.3 Å². The number of hydrogen-bond donors (Lipinski definition) is 1. The summed E-state index contributed by atoms with van der Waals surface area (Å²) in [7, 11) is -2.86. The average molecular weight is 242 g/mol. The summed E-state index contributed by atoms with van der Waals surface area (Å²) in [6.45, 7) is 4.69. The first kappa shape index (κ1) is 13.1. The van der Waals surface area contributed by atoms with E-state index in [9.17, 15) is 8.42 Å². The van der Waals surface area contributed by atoms with Crippen LogP contribution in [0.2, 0.25) is 0 Å². The first-order chi connectivity index (χ1) is 7.53. The molecule has 0 bridgehead atoms. The van der Waals surface area contributed by atoms with Crippen molar-refractivity contribution in [2.45, 2.75) is 20.4 Å². The molecular formula is C11H18N2O2S. The molecule has 0 radical (unpaired) electrons. The molecule has 1 rings (SSSR count). The number of nitrogens with zero attached hydrogens (tertiary/aromatic N) is 1. The second-order valence-corrected chi connectivity index (χ2v) is 6.16. The predicted molar refractivity (Wildman–Crippen MR) is 65.0 cm³/mol. The van der Waals surface area contributed by atoms with Crippen LogP contribution >= 0.6 is 0 Å². The summed E-state index contributed by atoms with van der Waals surface area (Å²) < 4.78 is 22.4. The van der Waals surface area contributed by atoms with E-state index in [0.717, 1.165) is 11.4 Å². The van der Waals surface area contributed by atoms with Gasteiger partial charge in [-0.3, -0.25) is 4.98 Å². The monoisotopic (exact) mass is 242 g/mol. The highest BCUT2D eigenvalue weighted by molar-refractivity contribution is 7.91. The van der Waals surface area contributed by atoms with Gasteiger partial charge in [0.1, 0.15) is 0 Å². The van der Waals surface area contributed by atoms with Crippen molar-refractivity contribution in [2.24, 2.45) is 0 Å². The first-order valence-corrected chi connectivity index (χ1v) is 7.19. The Bertz CT molecular complexity index is 429. The third-order valence-electron chi connectivity index (χ3n) is 2.28. The van der Waals surface area contributed by atoms with E-state index in [-0.39, 0.29) is 11.5 Å². The Morgan fingerprint density at radius 1 is 1.38 bits per heavy atom. The summed E-state index contributed by atoms with van der Waals surface area (Å²) in [6.07, 6.45) is 0. The highest BCUT2D eigenvalue weighted by Gasteiger charge is 2.05. The van der Waals surface area contributed by atoms with E-state index in [1.54, 1.807) is 6.92 Å². The van der Waals surface area contributed by atoms with Gasteiger partial charge in [0, 0.05) is 24.5 Å². The fourth-order valence-electron chi connectivity index (χ4n) is 1.29. The summed E-state index contributed by atoms with van der Waals surface area (Å²) in [4.78, 5) is 4.32. The van der Waals surface area contributed by atoms with Gasteiger partial charge in [0.25, 0.3) is 0 Å². The van der Waals surface area contributed by atoms with E-state index >= 15 is 0 Å². The predicted octanol–water partition coefficient (Wildman–Crippen LogP) is 0.914. The zero-order valence-electron chi connectivity index (χ0n) is 9.73. The molecule has 90 valence electrons. The second-order valence-electron chi connectivity index (χ2n) is 3.68. The van der Waals surface area contributed by atoms with Crippen LogP contribution in [0, 0.1) is 6.92 Å². The average Bonchev–Trinajstić information content (AvgIpc) is 2.25. The number of nitrogens with one attached hydrogen (secondary N) is 1. The van der Waals surface area contributed by atoms with Gasteiger partial charge in [-0.05, 0) is 19.1 Å². The van der Waals surface area contributed by atoms with Crippen molar-refractivity contribution < 1.29 is 8.42 Å². The normalized spacial score (nSPS) is 11.6. The Balaban J connectivity index is 2.32. The lowest BCUT2D eigenvalue weighted by Gasteiger charge is -2.05. The van der Waals surface area contributed by atoms with Gasteiger partial charge in [-0.1, -0.05) is 13.0 Å². The molecule has 0 aliphatic carbocycles. The molecule has 4 nitrogen and oxygen atoms in total. The molecule has 1 N–H and O–H groups in total. The molecule has 16 heavy (non-hydrogen) atoms. The first-order valence-electron chi connectivity index (χ1n) is 5.37. The van der Waals surface area contributed by atoms with E-state index in [4.69, 9.17) is 0 Å². The van der Waals surface area contributed by atoms with E-state index in [1.807, 2.05) is 25.1 Å². The minimum Gasteiger partial charge on any atom is -0.310 e. The highest BCUT2D eigenvalue weighted by Crippen LogP contribution is 1.97. The molecular weight excluding hydrogens is 224 g/mol. The molecule has 1 aromatic rings. The minimum absolute atomic E-state index is 0.190. The minimum atomic E-state index is -2.86. The molecule has 0 saturated heterocycles. The number of aryl methyl sites for hydroxylation is 1. The number of rotatable bonds is 6. The Labute approximate surface area is 97.0 Å². The van der Waals surface area contributed by atoms with Crippen LogP contribution in [-0.2, 0) is 16.4 Å². The van der Waals surface area contributed by atoms with Gasteiger partial charge in [-0.15, -0.1) is 0 Å². The van der Waals surface area contributed by atoms with Crippen LogP contribution < -0.4 is 5.32 Å². The molecule has 0 aliphatic heterocycles. The van der Waals surface area contributed by atoms with Crippen LogP contribution in [0.5, 0.6) is 0 Å². The van der Waals surface area contributed by atoms with Crippen LogP contribution in [0.4, 0.5) is 0 Å². The third-order valence-corrected chi connectivity index (χ3v) is 3.99. The molecule has 0 spiro atoms. The molecule has 0 fully saturated rings. The molecule has 5 heteroatoms. The summed E-state index contributed by atoms with van der Waals surface area (Å²) in [5.74, 6) is 0.396. The van der Waals surface area contributed by atoms with Gasteiger partial charge in [-0.25, -0.2) is 8.42 Å². The zero-order chi connectivity index (χ0) is 12.0. The van der Waals surface area contributed by atoms with Crippen molar-refractivity contribution in [1.82, 2.24) is 10.3 Å². The maximum absolute atomic E-state index is 11.2. The zero-order valence-corrected chi connectivity index (χ0v) is 10.5. The van der Waals surface area contributed by atoms with Crippen molar-refractivity contribution in [1.29, 1.82) is 0 Å². The SMILES string of the molecule is CCS(=O)(=O)CCNCc1cccc(C)n1. The largest absolute Gasteiger partial charge is 0.310 e. The van der Waals surface area contributed by atoms with Gasteiger partial charge in [0.15, 0.2) is 9.84 Å². The molecule has 0 atom stereocenters. The molecule has 0 aliphatic rings. The lowest BCUT2D eigenvalue weighted by atomic mass is 10.3. The van der Waals surface area contributed by atoms with E-state index in [0.29, 0.717) is 13.1 Å². The molecule has 0 aromatic carbocycles. The molecule has 0 saturated carbocycles. The molecule has 1 aromatic heterocycles. The second kappa shape index (κ2) is 5.96. The van der Waals surface area contributed by atoms with Crippen molar-refractivity contribution in [3.8, 4) is 0 Å². The summed E-state index contributed by atoms with van der Waals surface area (Å²) in [5.41, 5.74) is 1.91. The van der Waals surface area contributed by atoms with Gasteiger partial charge in [0.05, 0.1) is 11.4 Å². The lowest BCUT2D eigenvalue weighted by molar-refractivity contribution is 0.591. The maximum atomic E-state index is 11.2. The Hall–Kier alpha value is -0.940. The van der Waals surface area contributed by atoms with Crippen LogP contribution in [0.3, 0.4) is 0 Å². The standard InChI is InChI=1S/C11H18N2O2S/c1-3-16(14,15)8-7-12-9-11-6-4-5-10(2)13-11/h4-6,12H,3,7-9H2,1-2H3. The van der Waals surface area contributed by atoms with Crippen molar-refractivity contribution in [2.75, 3.05) is 18.1 Å². The van der Waals surface area contributed by atoms with Crippen molar-refractivity contribution >= 4 is 9.84 Å². The Morgan fingerprint density at radius 3 is 2.75 bits per heavy atom. The van der Waals surface area contributed by atoms with Crippen LogP contribution in [0.1, 0.15) is 18.3 Å². The fourth-order valence-corrected chi connectivity index (χ4v) is 2.03. The van der Waals surface area contributed by atoms with Gasteiger partial charge >= 0.3 is 0 Å². The van der Waals surface area contributed by atoms with E-state index in [1.165, 1.54) is 0 Å². The number of hydrogen-bond acceptors (Lipinski definition) is 4. The maximum Gasteiger partial charge on any atom is 0.151 e. The number of pyridine rings is 1. The Morgan fingerprint density at radius 2 is 2.12 bits per heavy atom. The summed E-state index contributed by atoms with van der Waals surface area (Å²) >= 11 is 0. The van der Waals surface area contributed by atoms with E-state index < -0.39 is 9.84 Å². The lowest BCUT2D eigenvalue weighted by Crippen LogP contribution is -2.23. The number of sulfone groups is 1. The molecule has 0 amide bonds. The van der Waals surface area contributed by atoms with Crippen LogP contribution in [0.15, 0.2) is 18.2 Å². The topological polar surface area (TPSA) is 59.1 Å². The third kappa shape index (κ3) is 4.72. The van der Waals surface area contributed by atoms with Crippen molar-refractivity contribution in [3.05, 3.63) is 29.6 Å². The van der Waals surface area contributed by atoms with Crippen LogP contribution in [-0.4, -0.2) is 31.5 Å². The highest BCUT2D eigenvalue weighted by atomic mass is 32.2. The summed E-state index contributed by atoms with van der Waals surface area (Å²) in [6, 6.07) is 5.81. The van der Waals surface area contributed by atoms with Crippen molar-refractivity contribution in [3.63, 3.8) is 0 Å².